The Labute approximate surface area is 120 Å². The van der Waals surface area contributed by atoms with Crippen molar-refractivity contribution in [2.24, 2.45) is 5.73 Å². The van der Waals surface area contributed by atoms with Crippen LogP contribution in [0.25, 0.3) is 0 Å². The number of alkyl carbamates (subject to hydrolysis) is 1. The van der Waals surface area contributed by atoms with Crippen molar-refractivity contribution in [3.8, 4) is 5.75 Å². The van der Waals surface area contributed by atoms with E-state index in [1.807, 2.05) is 45.0 Å². The summed E-state index contributed by atoms with van der Waals surface area (Å²) in [5.41, 5.74) is 6.13. The maximum Gasteiger partial charge on any atom is 0.407 e. The molecule has 0 fully saturated rings. The van der Waals surface area contributed by atoms with E-state index in [0.717, 1.165) is 11.3 Å². The number of ether oxygens (including phenoxy) is 2. The molecule has 0 heterocycles. The highest BCUT2D eigenvalue weighted by molar-refractivity contribution is 5.67. The van der Waals surface area contributed by atoms with Crippen LogP contribution in [0.5, 0.6) is 5.75 Å². The molecule has 0 atom stereocenters. The highest BCUT2D eigenvalue weighted by atomic mass is 16.6. The summed E-state index contributed by atoms with van der Waals surface area (Å²) in [6.07, 6.45) is 0.304. The Morgan fingerprint density at radius 1 is 1.30 bits per heavy atom. The van der Waals surface area contributed by atoms with Gasteiger partial charge in [0.1, 0.15) is 11.4 Å². The number of amides is 1. The molecule has 1 aromatic rings. The number of benzene rings is 1. The van der Waals surface area contributed by atoms with Crippen molar-refractivity contribution in [1.82, 2.24) is 5.32 Å². The van der Waals surface area contributed by atoms with Gasteiger partial charge < -0.3 is 20.5 Å². The molecule has 1 aromatic carbocycles. The first-order chi connectivity index (χ1) is 9.42. The van der Waals surface area contributed by atoms with Gasteiger partial charge >= 0.3 is 6.09 Å². The summed E-state index contributed by atoms with van der Waals surface area (Å²) in [7, 11) is 0. The highest BCUT2D eigenvalue weighted by Gasteiger charge is 2.15. The first kappa shape index (κ1) is 16.3. The summed E-state index contributed by atoms with van der Waals surface area (Å²) in [5, 5.41) is 2.69. The van der Waals surface area contributed by atoms with Crippen LogP contribution in [0.3, 0.4) is 0 Å². The molecule has 0 aromatic heterocycles. The molecule has 0 spiro atoms. The van der Waals surface area contributed by atoms with Crippen LogP contribution in [0, 0.1) is 0 Å². The Kier molecular flexibility index (Phi) is 6.31. The predicted octanol–water partition coefficient (Wildman–Crippen LogP) is 2.44. The van der Waals surface area contributed by atoms with Crippen molar-refractivity contribution < 1.29 is 14.3 Å². The fourth-order valence-corrected chi connectivity index (χ4v) is 1.57. The van der Waals surface area contributed by atoms with E-state index in [4.69, 9.17) is 15.2 Å². The number of nitrogens with one attached hydrogen (secondary N) is 1. The zero-order valence-electron chi connectivity index (χ0n) is 12.4. The largest absolute Gasteiger partial charge is 0.493 e. The van der Waals surface area contributed by atoms with E-state index in [1.54, 1.807) is 0 Å². The van der Waals surface area contributed by atoms with Gasteiger partial charge in [0.05, 0.1) is 6.61 Å². The van der Waals surface area contributed by atoms with E-state index in [1.165, 1.54) is 0 Å². The minimum Gasteiger partial charge on any atom is -0.493 e. The summed E-state index contributed by atoms with van der Waals surface area (Å²) in [5.74, 6) is 0.798. The van der Waals surface area contributed by atoms with Crippen LogP contribution in [0.1, 0.15) is 32.8 Å². The van der Waals surface area contributed by atoms with Crippen molar-refractivity contribution in [2.75, 3.05) is 13.2 Å². The molecule has 5 heteroatoms. The molecular formula is C15H24N2O3. The Hall–Kier alpha value is -1.75. The molecule has 112 valence electrons. The molecule has 1 rings (SSSR count). The number of hydrogen-bond donors (Lipinski definition) is 2. The summed E-state index contributed by atoms with van der Waals surface area (Å²) in [6.45, 7) is 6.98. The molecule has 0 aliphatic carbocycles. The van der Waals surface area contributed by atoms with Crippen molar-refractivity contribution in [3.05, 3.63) is 29.8 Å². The Balaban J connectivity index is 2.21. The number of para-hydroxylation sites is 1. The van der Waals surface area contributed by atoms with Crippen LogP contribution in [0.2, 0.25) is 0 Å². The third kappa shape index (κ3) is 6.43. The Morgan fingerprint density at radius 2 is 2.00 bits per heavy atom. The third-order valence-electron chi connectivity index (χ3n) is 2.44. The van der Waals surface area contributed by atoms with E-state index in [9.17, 15) is 4.79 Å². The lowest BCUT2D eigenvalue weighted by atomic mass is 10.2. The second-order valence-electron chi connectivity index (χ2n) is 5.44. The van der Waals surface area contributed by atoms with Gasteiger partial charge in [-0.1, -0.05) is 18.2 Å². The van der Waals surface area contributed by atoms with Gasteiger partial charge in [-0.05, 0) is 33.3 Å². The molecule has 0 unspecified atom stereocenters. The van der Waals surface area contributed by atoms with Crippen LogP contribution in [0.4, 0.5) is 4.79 Å². The average Bonchev–Trinajstić information content (AvgIpc) is 2.36. The second kappa shape index (κ2) is 7.75. The lowest BCUT2D eigenvalue weighted by Gasteiger charge is -2.19. The number of nitrogens with two attached hydrogens (primary N) is 1. The van der Waals surface area contributed by atoms with Gasteiger partial charge in [-0.25, -0.2) is 4.79 Å². The van der Waals surface area contributed by atoms with Crippen LogP contribution in [0.15, 0.2) is 24.3 Å². The lowest BCUT2D eigenvalue weighted by molar-refractivity contribution is 0.0525. The molecule has 0 saturated heterocycles. The Morgan fingerprint density at radius 3 is 2.65 bits per heavy atom. The van der Waals surface area contributed by atoms with Gasteiger partial charge in [0.2, 0.25) is 0 Å². The van der Waals surface area contributed by atoms with Crippen molar-refractivity contribution in [1.29, 1.82) is 0 Å². The summed E-state index contributed by atoms with van der Waals surface area (Å²) in [4.78, 5) is 11.4. The van der Waals surface area contributed by atoms with Crippen LogP contribution >= 0.6 is 0 Å². The maximum atomic E-state index is 11.4. The molecule has 20 heavy (non-hydrogen) atoms. The fraction of sp³-hybridized carbons (Fsp3) is 0.533. The van der Waals surface area contributed by atoms with E-state index >= 15 is 0 Å². The molecule has 0 radical (unpaired) electrons. The minimum atomic E-state index is -0.472. The molecule has 5 nitrogen and oxygen atoms in total. The predicted molar refractivity (Wildman–Crippen MR) is 78.7 cm³/mol. The number of carbonyl (C=O) groups excluding carboxylic acids is 1. The zero-order valence-corrected chi connectivity index (χ0v) is 12.4. The molecule has 0 aliphatic heterocycles. The van der Waals surface area contributed by atoms with Crippen LogP contribution in [-0.4, -0.2) is 24.8 Å². The molecule has 0 bridgehead atoms. The van der Waals surface area contributed by atoms with Gasteiger partial charge in [-0.3, -0.25) is 0 Å². The van der Waals surface area contributed by atoms with Gasteiger partial charge in [0, 0.05) is 18.7 Å². The first-order valence-electron chi connectivity index (χ1n) is 6.80. The number of hydrogen-bond acceptors (Lipinski definition) is 4. The van der Waals surface area contributed by atoms with Crippen molar-refractivity contribution >= 4 is 6.09 Å². The lowest BCUT2D eigenvalue weighted by Crippen LogP contribution is -2.33. The first-order valence-corrected chi connectivity index (χ1v) is 6.80. The van der Waals surface area contributed by atoms with Crippen LogP contribution < -0.4 is 15.8 Å². The normalized spacial score (nSPS) is 11.0. The van der Waals surface area contributed by atoms with Crippen molar-refractivity contribution in [3.63, 3.8) is 0 Å². The van der Waals surface area contributed by atoms with E-state index in [0.29, 0.717) is 26.1 Å². The van der Waals surface area contributed by atoms with E-state index in [2.05, 4.69) is 5.32 Å². The Bertz CT molecular complexity index is 427. The molecule has 3 N–H and O–H groups in total. The highest BCUT2D eigenvalue weighted by Crippen LogP contribution is 2.16. The van der Waals surface area contributed by atoms with Gasteiger partial charge in [0.25, 0.3) is 0 Å². The van der Waals surface area contributed by atoms with Crippen molar-refractivity contribution in [2.45, 2.75) is 39.3 Å². The quantitative estimate of drug-likeness (QED) is 0.785. The minimum absolute atomic E-state index is 0.403. The zero-order chi connectivity index (χ0) is 15.0. The molecular weight excluding hydrogens is 256 g/mol. The third-order valence-corrected chi connectivity index (χ3v) is 2.44. The summed E-state index contributed by atoms with van der Waals surface area (Å²) < 4.78 is 10.8. The van der Waals surface area contributed by atoms with Crippen LogP contribution in [-0.2, 0) is 11.3 Å². The van der Waals surface area contributed by atoms with E-state index in [-0.39, 0.29) is 0 Å². The SMILES string of the molecule is CC(C)(C)OC(=O)NCCCOc1ccccc1CN. The van der Waals surface area contributed by atoms with Gasteiger partial charge in [-0.15, -0.1) is 0 Å². The van der Waals surface area contributed by atoms with Gasteiger partial charge in [-0.2, -0.15) is 0 Å². The monoisotopic (exact) mass is 280 g/mol. The topological polar surface area (TPSA) is 73.6 Å². The second-order valence-corrected chi connectivity index (χ2v) is 5.44. The summed E-state index contributed by atoms with van der Waals surface area (Å²) in [6, 6.07) is 7.67. The van der Waals surface area contributed by atoms with E-state index < -0.39 is 11.7 Å². The summed E-state index contributed by atoms with van der Waals surface area (Å²) >= 11 is 0. The molecule has 1 amide bonds. The number of rotatable bonds is 6. The standard InChI is InChI=1S/C15H24N2O3/c1-15(2,3)20-14(18)17-9-6-10-19-13-8-5-4-7-12(13)11-16/h4-5,7-8H,6,9-11,16H2,1-3H3,(H,17,18). The number of carbonyl (C=O) groups is 1. The molecule has 0 saturated carbocycles. The van der Waals surface area contributed by atoms with Gasteiger partial charge in [0.15, 0.2) is 0 Å². The fourth-order valence-electron chi connectivity index (χ4n) is 1.57. The molecule has 0 aliphatic rings. The smallest absolute Gasteiger partial charge is 0.407 e. The average molecular weight is 280 g/mol. The maximum absolute atomic E-state index is 11.4.